The topological polar surface area (TPSA) is 35.5 Å². The largest absolute Gasteiger partial charge is 0.493 e. The quantitative estimate of drug-likeness (QED) is 0.597. The molecule has 1 aromatic rings. The molecule has 92 valence electrons. The minimum Gasteiger partial charge on any atom is -0.493 e. The van der Waals surface area contributed by atoms with Gasteiger partial charge in [0.2, 0.25) is 0 Å². The summed E-state index contributed by atoms with van der Waals surface area (Å²) in [4.78, 5) is 10.8. The highest BCUT2D eigenvalue weighted by Gasteiger charge is 2.09. The lowest BCUT2D eigenvalue weighted by Gasteiger charge is -2.11. The number of methoxy groups -OCH3 is 2. The Morgan fingerprint density at radius 1 is 1.29 bits per heavy atom. The summed E-state index contributed by atoms with van der Waals surface area (Å²) < 4.78 is 10.5. The molecule has 0 aliphatic carbocycles. The van der Waals surface area contributed by atoms with Gasteiger partial charge in [-0.3, -0.25) is 4.79 Å². The Morgan fingerprint density at radius 2 is 2.06 bits per heavy atom. The average Bonchev–Trinajstić information content (AvgIpc) is 2.37. The van der Waals surface area contributed by atoms with E-state index in [0.717, 1.165) is 23.6 Å². The van der Waals surface area contributed by atoms with Gasteiger partial charge in [-0.15, -0.1) is 0 Å². The first kappa shape index (κ1) is 13.8. The second-order valence-electron chi connectivity index (χ2n) is 3.34. The van der Waals surface area contributed by atoms with Crippen LogP contribution in [-0.2, 0) is 0 Å². The van der Waals surface area contributed by atoms with Crippen molar-refractivity contribution in [3.8, 4) is 11.5 Å². The van der Waals surface area contributed by atoms with E-state index in [1.807, 2.05) is 12.2 Å². The van der Waals surface area contributed by atoms with Gasteiger partial charge in [-0.05, 0) is 18.6 Å². The van der Waals surface area contributed by atoms with Crippen LogP contribution in [0.2, 0.25) is 0 Å². The fourth-order valence-electron chi connectivity index (χ4n) is 1.48. The summed E-state index contributed by atoms with van der Waals surface area (Å²) in [6, 6.07) is 3.44. The molecule has 1 aromatic carbocycles. The lowest BCUT2D eigenvalue weighted by Crippen LogP contribution is -1.95. The molecule has 0 amide bonds. The Labute approximate surface area is 110 Å². The van der Waals surface area contributed by atoms with Gasteiger partial charge in [0.1, 0.15) is 6.29 Å². The standard InChI is InChI=1S/C13H15BrO3/c1-16-12-8-10(9-15)7-11(13(12)17-2)5-3-4-6-14/h3,5,7-9H,4,6H2,1-2H3. The van der Waals surface area contributed by atoms with E-state index >= 15 is 0 Å². The van der Waals surface area contributed by atoms with Crippen LogP contribution in [0.1, 0.15) is 22.3 Å². The van der Waals surface area contributed by atoms with Crippen molar-refractivity contribution < 1.29 is 14.3 Å². The maximum absolute atomic E-state index is 10.8. The van der Waals surface area contributed by atoms with E-state index in [4.69, 9.17) is 9.47 Å². The highest BCUT2D eigenvalue weighted by molar-refractivity contribution is 9.09. The molecule has 0 saturated heterocycles. The summed E-state index contributed by atoms with van der Waals surface area (Å²) >= 11 is 3.35. The number of ether oxygens (including phenoxy) is 2. The van der Waals surface area contributed by atoms with Crippen LogP contribution in [-0.4, -0.2) is 25.8 Å². The van der Waals surface area contributed by atoms with Crippen LogP contribution in [0.3, 0.4) is 0 Å². The van der Waals surface area contributed by atoms with Crippen molar-refractivity contribution in [3.63, 3.8) is 0 Å². The molecule has 0 saturated carbocycles. The minimum atomic E-state index is 0.565. The van der Waals surface area contributed by atoms with Crippen molar-refractivity contribution in [1.29, 1.82) is 0 Å². The van der Waals surface area contributed by atoms with Crippen LogP contribution in [0.15, 0.2) is 18.2 Å². The smallest absolute Gasteiger partial charge is 0.167 e. The number of allylic oxidation sites excluding steroid dienone is 1. The molecular formula is C13H15BrO3. The zero-order valence-electron chi connectivity index (χ0n) is 9.90. The number of alkyl halides is 1. The molecule has 0 aromatic heterocycles. The Hall–Kier alpha value is -1.29. The molecular weight excluding hydrogens is 284 g/mol. The van der Waals surface area contributed by atoms with Gasteiger partial charge in [-0.25, -0.2) is 0 Å². The zero-order chi connectivity index (χ0) is 12.7. The monoisotopic (exact) mass is 298 g/mol. The second kappa shape index (κ2) is 7.12. The van der Waals surface area contributed by atoms with Crippen molar-refractivity contribution in [3.05, 3.63) is 29.3 Å². The van der Waals surface area contributed by atoms with Crippen LogP contribution in [0.4, 0.5) is 0 Å². The highest BCUT2D eigenvalue weighted by atomic mass is 79.9. The molecule has 3 nitrogen and oxygen atoms in total. The molecule has 0 fully saturated rings. The maximum atomic E-state index is 10.8. The van der Waals surface area contributed by atoms with E-state index in [0.29, 0.717) is 17.1 Å². The molecule has 0 heterocycles. The lowest BCUT2D eigenvalue weighted by atomic mass is 10.1. The van der Waals surface area contributed by atoms with E-state index < -0.39 is 0 Å². The third kappa shape index (κ3) is 3.60. The van der Waals surface area contributed by atoms with Crippen molar-refractivity contribution in [2.75, 3.05) is 19.5 Å². The molecule has 0 atom stereocenters. The summed E-state index contributed by atoms with van der Waals surface area (Å²) in [5, 5.41) is 0.899. The Kier molecular flexibility index (Phi) is 5.77. The molecule has 0 spiro atoms. The number of halogens is 1. The Morgan fingerprint density at radius 3 is 2.59 bits per heavy atom. The normalized spacial score (nSPS) is 10.5. The van der Waals surface area contributed by atoms with Gasteiger partial charge in [0, 0.05) is 16.5 Å². The van der Waals surface area contributed by atoms with Crippen molar-refractivity contribution in [2.45, 2.75) is 6.42 Å². The van der Waals surface area contributed by atoms with Crippen LogP contribution in [0, 0.1) is 0 Å². The third-order valence-electron chi connectivity index (χ3n) is 2.24. The van der Waals surface area contributed by atoms with Crippen LogP contribution < -0.4 is 9.47 Å². The van der Waals surface area contributed by atoms with Gasteiger partial charge in [-0.2, -0.15) is 0 Å². The average molecular weight is 299 g/mol. The number of carbonyl (C=O) groups excluding carboxylic acids is 1. The summed E-state index contributed by atoms with van der Waals surface area (Å²) in [6.07, 6.45) is 5.65. The highest BCUT2D eigenvalue weighted by Crippen LogP contribution is 2.33. The van der Waals surface area contributed by atoms with Crippen LogP contribution >= 0.6 is 15.9 Å². The summed E-state index contributed by atoms with van der Waals surface area (Å²) in [7, 11) is 3.14. The van der Waals surface area contributed by atoms with Gasteiger partial charge in [0.25, 0.3) is 0 Å². The van der Waals surface area contributed by atoms with E-state index in [-0.39, 0.29) is 0 Å². The summed E-state index contributed by atoms with van der Waals surface area (Å²) in [6.45, 7) is 0. The van der Waals surface area contributed by atoms with Crippen LogP contribution in [0.5, 0.6) is 11.5 Å². The predicted molar refractivity (Wildman–Crippen MR) is 72.4 cm³/mol. The van der Waals surface area contributed by atoms with Gasteiger partial charge < -0.3 is 9.47 Å². The molecule has 0 N–H and O–H groups in total. The Balaban J connectivity index is 3.19. The van der Waals surface area contributed by atoms with Crippen molar-refractivity contribution >= 4 is 28.3 Å². The zero-order valence-corrected chi connectivity index (χ0v) is 11.5. The fourth-order valence-corrected chi connectivity index (χ4v) is 1.75. The molecule has 0 unspecified atom stereocenters. The SMILES string of the molecule is COc1cc(C=O)cc(C=CCCBr)c1OC. The van der Waals surface area contributed by atoms with E-state index in [2.05, 4.69) is 15.9 Å². The summed E-state index contributed by atoms with van der Waals surface area (Å²) in [5.74, 6) is 1.21. The number of hydrogen-bond acceptors (Lipinski definition) is 3. The van der Waals surface area contributed by atoms with Gasteiger partial charge in [0.05, 0.1) is 14.2 Å². The first-order chi connectivity index (χ1) is 8.26. The number of rotatable bonds is 6. The second-order valence-corrected chi connectivity index (χ2v) is 4.14. The molecule has 0 aliphatic heterocycles. The fraction of sp³-hybridized carbons (Fsp3) is 0.308. The Bertz CT molecular complexity index is 413. The first-order valence-electron chi connectivity index (χ1n) is 5.20. The minimum absolute atomic E-state index is 0.565. The number of carbonyl (C=O) groups is 1. The van der Waals surface area contributed by atoms with Crippen LogP contribution in [0.25, 0.3) is 6.08 Å². The maximum Gasteiger partial charge on any atom is 0.167 e. The molecule has 0 aliphatic rings. The first-order valence-corrected chi connectivity index (χ1v) is 6.32. The predicted octanol–water partition coefficient (Wildman–Crippen LogP) is 3.31. The molecule has 0 bridgehead atoms. The van der Waals surface area contributed by atoms with Gasteiger partial charge >= 0.3 is 0 Å². The van der Waals surface area contributed by atoms with E-state index in [1.165, 1.54) is 0 Å². The van der Waals surface area contributed by atoms with Gasteiger partial charge in [-0.1, -0.05) is 28.1 Å². The third-order valence-corrected chi connectivity index (χ3v) is 2.70. The van der Waals surface area contributed by atoms with Crippen molar-refractivity contribution in [2.24, 2.45) is 0 Å². The van der Waals surface area contributed by atoms with Gasteiger partial charge in [0.15, 0.2) is 11.5 Å². The van der Waals surface area contributed by atoms with Crippen molar-refractivity contribution in [1.82, 2.24) is 0 Å². The summed E-state index contributed by atoms with van der Waals surface area (Å²) in [5.41, 5.74) is 1.41. The number of hydrogen-bond donors (Lipinski definition) is 0. The number of aldehydes is 1. The molecule has 17 heavy (non-hydrogen) atoms. The molecule has 1 rings (SSSR count). The van der Waals surface area contributed by atoms with E-state index in [9.17, 15) is 4.79 Å². The molecule has 4 heteroatoms. The number of benzene rings is 1. The lowest BCUT2D eigenvalue weighted by molar-refractivity contribution is 0.112. The molecule has 0 radical (unpaired) electrons. The van der Waals surface area contributed by atoms with E-state index in [1.54, 1.807) is 26.4 Å².